The van der Waals surface area contributed by atoms with Gasteiger partial charge >= 0.3 is 0 Å². The first-order valence-corrected chi connectivity index (χ1v) is 10.9. The van der Waals surface area contributed by atoms with Gasteiger partial charge in [0.1, 0.15) is 12.2 Å². The smallest absolute Gasteiger partial charge is 0.248 e. The van der Waals surface area contributed by atoms with Crippen LogP contribution in [0.1, 0.15) is 97.3 Å². The number of carbonyl (C=O) groups excluding carboxylic acids is 1. The van der Waals surface area contributed by atoms with Gasteiger partial charge in [0.25, 0.3) is 0 Å². The van der Waals surface area contributed by atoms with Gasteiger partial charge in [-0.1, -0.05) is 84.0 Å². The number of hydrogen-bond donors (Lipinski definition) is 5. The summed E-state index contributed by atoms with van der Waals surface area (Å²) in [6.45, 7) is 3.05. The molecule has 0 heterocycles. The van der Waals surface area contributed by atoms with E-state index >= 15 is 0 Å². The molecular formula is C21H43NO5. The number of nitrogens with one attached hydrogen (secondary N) is 1. The summed E-state index contributed by atoms with van der Waals surface area (Å²) in [6.07, 6.45) is 11.7. The number of unbranched alkanes of at least 4 members (excludes halogenated alkanes) is 11. The summed E-state index contributed by atoms with van der Waals surface area (Å²) in [7, 11) is 0. The molecule has 0 saturated heterocycles. The lowest BCUT2D eigenvalue weighted by Gasteiger charge is -2.26. The molecular weight excluding hydrogens is 346 g/mol. The van der Waals surface area contributed by atoms with E-state index in [1.165, 1.54) is 64.7 Å². The van der Waals surface area contributed by atoms with Crippen LogP contribution in [-0.4, -0.2) is 57.3 Å². The SMILES string of the molecule is CCCCCCCCCCCCCCC(O)C(O)C(CO)NC(=O)C(C)O. The standard InChI is InChI=1S/C21H43NO5/c1-3-4-5-6-7-8-9-10-11-12-13-14-15-19(25)20(26)18(16-23)22-21(27)17(2)24/h17-20,23-26H,3-16H2,1-2H3,(H,22,27). The van der Waals surface area contributed by atoms with Crippen molar-refractivity contribution < 1.29 is 25.2 Å². The normalized spacial score (nSPS) is 15.9. The minimum absolute atomic E-state index is 0.430. The van der Waals surface area contributed by atoms with E-state index in [4.69, 9.17) is 0 Å². The fourth-order valence-corrected chi connectivity index (χ4v) is 3.18. The Labute approximate surface area is 165 Å². The number of carbonyl (C=O) groups is 1. The van der Waals surface area contributed by atoms with Gasteiger partial charge in [0.15, 0.2) is 0 Å². The molecule has 0 saturated carbocycles. The van der Waals surface area contributed by atoms with E-state index in [2.05, 4.69) is 12.2 Å². The largest absolute Gasteiger partial charge is 0.394 e. The predicted molar refractivity (Wildman–Crippen MR) is 108 cm³/mol. The van der Waals surface area contributed by atoms with Crippen LogP contribution in [-0.2, 0) is 4.79 Å². The molecule has 162 valence electrons. The van der Waals surface area contributed by atoms with Crippen molar-refractivity contribution >= 4 is 5.91 Å². The Kier molecular flexibility index (Phi) is 17.0. The highest BCUT2D eigenvalue weighted by Gasteiger charge is 2.27. The monoisotopic (exact) mass is 389 g/mol. The van der Waals surface area contributed by atoms with Crippen molar-refractivity contribution in [1.29, 1.82) is 0 Å². The second-order valence-electron chi connectivity index (χ2n) is 7.71. The Morgan fingerprint density at radius 2 is 1.26 bits per heavy atom. The average molecular weight is 390 g/mol. The summed E-state index contributed by atoms with van der Waals surface area (Å²) >= 11 is 0. The molecule has 4 atom stereocenters. The Balaban J connectivity index is 3.68. The maximum atomic E-state index is 11.4. The molecule has 0 rings (SSSR count). The van der Waals surface area contributed by atoms with E-state index < -0.39 is 36.9 Å². The van der Waals surface area contributed by atoms with Crippen LogP contribution in [0.3, 0.4) is 0 Å². The third kappa shape index (κ3) is 14.0. The van der Waals surface area contributed by atoms with Gasteiger partial charge in [0, 0.05) is 0 Å². The second kappa shape index (κ2) is 17.4. The van der Waals surface area contributed by atoms with E-state index in [-0.39, 0.29) is 0 Å². The number of hydrogen-bond acceptors (Lipinski definition) is 5. The van der Waals surface area contributed by atoms with Crippen LogP contribution in [0.25, 0.3) is 0 Å². The molecule has 0 aromatic rings. The Bertz CT molecular complexity index is 351. The lowest BCUT2D eigenvalue weighted by Crippen LogP contribution is -2.52. The molecule has 1 amide bonds. The molecule has 27 heavy (non-hydrogen) atoms. The Hall–Kier alpha value is -0.690. The molecule has 0 bridgehead atoms. The van der Waals surface area contributed by atoms with Crippen LogP contribution in [0.2, 0.25) is 0 Å². The first kappa shape index (κ1) is 26.3. The van der Waals surface area contributed by atoms with Gasteiger partial charge in [0.05, 0.1) is 18.8 Å². The summed E-state index contributed by atoms with van der Waals surface area (Å²) in [6, 6.07) is -0.973. The minimum Gasteiger partial charge on any atom is -0.394 e. The van der Waals surface area contributed by atoms with Crippen LogP contribution < -0.4 is 5.32 Å². The van der Waals surface area contributed by atoms with Crippen molar-refractivity contribution in [3.63, 3.8) is 0 Å². The number of rotatable bonds is 18. The third-order valence-corrected chi connectivity index (χ3v) is 5.06. The molecule has 4 unspecified atom stereocenters. The van der Waals surface area contributed by atoms with Crippen molar-refractivity contribution in [2.24, 2.45) is 0 Å². The number of amides is 1. The molecule has 6 nitrogen and oxygen atoms in total. The van der Waals surface area contributed by atoms with E-state index in [0.717, 1.165) is 19.3 Å². The Morgan fingerprint density at radius 1 is 0.815 bits per heavy atom. The van der Waals surface area contributed by atoms with Gasteiger partial charge in [-0.05, 0) is 13.3 Å². The maximum absolute atomic E-state index is 11.4. The van der Waals surface area contributed by atoms with E-state index in [1.54, 1.807) is 0 Å². The summed E-state index contributed by atoms with van der Waals surface area (Å²) in [5, 5.41) is 40.9. The highest BCUT2D eigenvalue weighted by Crippen LogP contribution is 2.14. The van der Waals surface area contributed by atoms with Gasteiger partial charge in [0.2, 0.25) is 5.91 Å². The molecule has 0 radical (unpaired) electrons. The lowest BCUT2D eigenvalue weighted by atomic mass is 9.99. The molecule has 0 fully saturated rings. The highest BCUT2D eigenvalue weighted by atomic mass is 16.3. The van der Waals surface area contributed by atoms with Gasteiger partial charge in [-0.3, -0.25) is 4.79 Å². The van der Waals surface area contributed by atoms with Crippen molar-refractivity contribution in [3.05, 3.63) is 0 Å². The van der Waals surface area contributed by atoms with Crippen molar-refractivity contribution in [1.82, 2.24) is 5.32 Å². The molecule has 0 aromatic carbocycles. The summed E-state index contributed by atoms with van der Waals surface area (Å²) in [5.41, 5.74) is 0. The lowest BCUT2D eigenvalue weighted by molar-refractivity contribution is -0.131. The maximum Gasteiger partial charge on any atom is 0.248 e. The molecule has 6 heteroatoms. The van der Waals surface area contributed by atoms with Gasteiger partial charge in [-0.15, -0.1) is 0 Å². The summed E-state index contributed by atoms with van der Waals surface area (Å²) < 4.78 is 0. The first-order valence-electron chi connectivity index (χ1n) is 10.9. The zero-order valence-electron chi connectivity index (χ0n) is 17.4. The topological polar surface area (TPSA) is 110 Å². The van der Waals surface area contributed by atoms with Crippen molar-refractivity contribution in [2.75, 3.05) is 6.61 Å². The molecule has 0 aliphatic heterocycles. The quantitative estimate of drug-likeness (QED) is 0.232. The third-order valence-electron chi connectivity index (χ3n) is 5.06. The first-order chi connectivity index (χ1) is 12.9. The van der Waals surface area contributed by atoms with Crippen molar-refractivity contribution in [3.8, 4) is 0 Å². The van der Waals surface area contributed by atoms with E-state index in [9.17, 15) is 25.2 Å². The summed E-state index contributed by atoms with van der Waals surface area (Å²) in [4.78, 5) is 11.4. The van der Waals surface area contributed by atoms with Crippen LogP contribution >= 0.6 is 0 Å². The Morgan fingerprint density at radius 3 is 1.67 bits per heavy atom. The van der Waals surface area contributed by atoms with Gasteiger partial charge < -0.3 is 25.7 Å². The van der Waals surface area contributed by atoms with Crippen LogP contribution in [0.4, 0.5) is 0 Å². The number of aliphatic hydroxyl groups is 4. The molecule has 0 spiro atoms. The molecule has 0 aromatic heterocycles. The minimum atomic E-state index is -1.24. The zero-order chi connectivity index (χ0) is 20.5. The molecule has 5 N–H and O–H groups in total. The van der Waals surface area contributed by atoms with E-state index in [1.807, 2.05) is 0 Å². The summed E-state index contributed by atoms with van der Waals surface area (Å²) in [5.74, 6) is -0.675. The zero-order valence-corrected chi connectivity index (χ0v) is 17.4. The van der Waals surface area contributed by atoms with E-state index in [0.29, 0.717) is 6.42 Å². The number of aliphatic hydroxyl groups excluding tert-OH is 4. The molecule has 0 aliphatic rings. The highest BCUT2D eigenvalue weighted by molar-refractivity contribution is 5.80. The molecule has 0 aliphatic carbocycles. The van der Waals surface area contributed by atoms with Gasteiger partial charge in [-0.25, -0.2) is 0 Å². The van der Waals surface area contributed by atoms with Crippen LogP contribution in [0, 0.1) is 0 Å². The fraction of sp³-hybridized carbons (Fsp3) is 0.952. The average Bonchev–Trinajstić information content (AvgIpc) is 2.65. The fourth-order valence-electron chi connectivity index (χ4n) is 3.18. The van der Waals surface area contributed by atoms with Crippen molar-refractivity contribution in [2.45, 2.75) is 122 Å². The second-order valence-corrected chi connectivity index (χ2v) is 7.71. The predicted octanol–water partition coefficient (Wildman–Crippen LogP) is 2.66. The van der Waals surface area contributed by atoms with Gasteiger partial charge in [-0.2, -0.15) is 0 Å². The van der Waals surface area contributed by atoms with Crippen LogP contribution in [0.5, 0.6) is 0 Å². The van der Waals surface area contributed by atoms with Crippen LogP contribution in [0.15, 0.2) is 0 Å².